The normalized spacial score (nSPS) is 12.1. The molecule has 34 heavy (non-hydrogen) atoms. The number of carbonyl (C=O) groups is 1. The average molecular weight is 456 g/mol. The molecule has 1 aromatic heterocycles. The fourth-order valence-corrected chi connectivity index (χ4v) is 4.12. The van der Waals surface area contributed by atoms with Crippen molar-refractivity contribution >= 4 is 16.8 Å². The summed E-state index contributed by atoms with van der Waals surface area (Å²) in [5, 5.41) is 0.398. The Hall–Kier alpha value is -3.90. The van der Waals surface area contributed by atoms with E-state index in [0.717, 1.165) is 18.7 Å². The van der Waals surface area contributed by atoms with Crippen LogP contribution >= 0.6 is 0 Å². The Morgan fingerprint density at radius 1 is 0.912 bits per heavy atom. The number of fused-ring (bicyclic) bond motifs is 1. The van der Waals surface area contributed by atoms with Gasteiger partial charge in [0.05, 0.1) is 11.7 Å². The Balaban J connectivity index is 1.42. The van der Waals surface area contributed by atoms with Crippen LogP contribution in [0.2, 0.25) is 0 Å². The third-order valence-electron chi connectivity index (χ3n) is 5.73. The van der Waals surface area contributed by atoms with E-state index in [2.05, 4.69) is 60.5 Å². The lowest BCUT2D eigenvalue weighted by Crippen LogP contribution is -2.29. The Morgan fingerprint density at radius 2 is 1.50 bits per heavy atom. The molecular weight excluding hydrogens is 426 g/mol. The molecule has 174 valence electrons. The summed E-state index contributed by atoms with van der Waals surface area (Å²) in [6.07, 6.45) is 1.86. The molecule has 0 aliphatic heterocycles. The molecule has 6 heteroatoms. The number of amides is 1. The maximum atomic E-state index is 12.5. The van der Waals surface area contributed by atoms with Crippen molar-refractivity contribution in [1.29, 1.82) is 0 Å². The molecule has 1 heterocycles. The molecule has 1 amide bonds. The van der Waals surface area contributed by atoms with E-state index >= 15 is 0 Å². The van der Waals surface area contributed by atoms with Crippen LogP contribution in [-0.4, -0.2) is 28.7 Å². The second-order valence-electron chi connectivity index (χ2n) is 8.67. The van der Waals surface area contributed by atoms with Crippen LogP contribution in [0, 0.1) is 0 Å². The predicted molar refractivity (Wildman–Crippen MR) is 135 cm³/mol. The van der Waals surface area contributed by atoms with Gasteiger partial charge in [0.1, 0.15) is 11.7 Å². The highest BCUT2D eigenvalue weighted by Gasteiger charge is 2.15. The molecule has 0 bridgehead atoms. The van der Waals surface area contributed by atoms with E-state index in [1.807, 2.05) is 19.1 Å². The molecule has 0 aliphatic rings. The monoisotopic (exact) mass is 455 g/mol. The quantitative estimate of drug-likeness (QED) is 0.417. The van der Waals surface area contributed by atoms with Crippen molar-refractivity contribution in [2.24, 2.45) is 5.73 Å². The first-order valence-corrected chi connectivity index (χ1v) is 11.3. The van der Waals surface area contributed by atoms with Gasteiger partial charge >= 0.3 is 0 Å². The Labute approximate surface area is 199 Å². The number of nitrogens with two attached hydrogens (primary N) is 1. The number of carbonyl (C=O) groups excluding carboxylic acids is 1. The molecule has 1 atom stereocenters. The van der Waals surface area contributed by atoms with Crippen LogP contribution in [0.1, 0.15) is 34.0 Å². The van der Waals surface area contributed by atoms with E-state index in [1.165, 1.54) is 22.1 Å². The molecule has 3 aromatic carbocycles. The first kappa shape index (κ1) is 23.3. The molecule has 0 radical (unpaired) electrons. The lowest BCUT2D eigenvalue weighted by Gasteiger charge is -2.20. The summed E-state index contributed by atoms with van der Waals surface area (Å²) in [7, 11) is 2.12. The third kappa shape index (κ3) is 5.53. The minimum Gasteiger partial charge on any atom is -0.411 e. The number of pyridine rings is 1. The van der Waals surface area contributed by atoms with Crippen molar-refractivity contribution in [2.45, 2.75) is 32.5 Å². The molecule has 4 aromatic rings. The summed E-state index contributed by atoms with van der Waals surface area (Å²) < 4.78 is 1.48. The Morgan fingerprint density at radius 3 is 2.18 bits per heavy atom. The van der Waals surface area contributed by atoms with Gasteiger partial charge in [0.2, 0.25) is 5.43 Å². The van der Waals surface area contributed by atoms with Crippen molar-refractivity contribution in [1.82, 2.24) is 9.63 Å². The molecule has 0 spiro atoms. The molecule has 0 saturated heterocycles. The molecule has 4 rings (SSSR count). The average Bonchev–Trinajstić information content (AvgIpc) is 2.82. The third-order valence-corrected chi connectivity index (χ3v) is 5.73. The maximum Gasteiger partial charge on any atom is 0.254 e. The number of primary amides is 1. The van der Waals surface area contributed by atoms with Crippen LogP contribution in [0.3, 0.4) is 0 Å². The standard InChI is InChI=1S/C28H29N3O3/c1-20(34-31-19-25(28(29)33)27(32)24-10-6-7-11-26(24)31)16-21-12-14-23(15-13-21)18-30(2)17-22-8-4-3-5-9-22/h3-15,19-20H,16-18H2,1-2H3,(H2,29,33). The second kappa shape index (κ2) is 10.4. The lowest BCUT2D eigenvalue weighted by atomic mass is 10.1. The van der Waals surface area contributed by atoms with Crippen LogP contribution in [-0.2, 0) is 19.5 Å². The van der Waals surface area contributed by atoms with Crippen molar-refractivity contribution in [2.75, 3.05) is 7.05 Å². The van der Waals surface area contributed by atoms with E-state index in [1.54, 1.807) is 18.2 Å². The van der Waals surface area contributed by atoms with E-state index in [0.29, 0.717) is 17.3 Å². The zero-order chi connectivity index (χ0) is 24.1. The predicted octanol–water partition coefficient (Wildman–Crippen LogP) is 3.79. The molecule has 0 saturated carbocycles. The van der Waals surface area contributed by atoms with E-state index < -0.39 is 5.91 Å². The van der Waals surface area contributed by atoms with Gasteiger partial charge in [-0.25, -0.2) is 0 Å². The van der Waals surface area contributed by atoms with Gasteiger partial charge in [0.25, 0.3) is 5.91 Å². The van der Waals surface area contributed by atoms with Gasteiger partial charge in [-0.05, 0) is 42.8 Å². The van der Waals surface area contributed by atoms with E-state index in [4.69, 9.17) is 10.6 Å². The molecular formula is C28H29N3O3. The Bertz CT molecular complexity index is 1330. The fraction of sp³-hybridized carbons (Fsp3) is 0.214. The van der Waals surface area contributed by atoms with E-state index in [9.17, 15) is 9.59 Å². The number of hydrogen-bond acceptors (Lipinski definition) is 4. The van der Waals surface area contributed by atoms with Gasteiger partial charge in [-0.1, -0.05) is 66.7 Å². The second-order valence-corrected chi connectivity index (χ2v) is 8.67. The molecule has 2 N–H and O–H groups in total. The SMILES string of the molecule is CC(Cc1ccc(CN(C)Cc2ccccc2)cc1)On1cc(C(N)=O)c(=O)c2ccccc21. The highest BCUT2D eigenvalue weighted by Crippen LogP contribution is 2.14. The first-order chi connectivity index (χ1) is 16.4. The van der Waals surface area contributed by atoms with Gasteiger partial charge in [-0.2, -0.15) is 4.73 Å². The van der Waals surface area contributed by atoms with Crippen molar-refractivity contribution in [3.8, 4) is 0 Å². The van der Waals surface area contributed by atoms with Gasteiger partial charge in [-0.3, -0.25) is 14.5 Å². The number of nitrogens with zero attached hydrogens (tertiary/aromatic N) is 2. The summed E-state index contributed by atoms with van der Waals surface area (Å²) >= 11 is 0. The number of aromatic nitrogens is 1. The van der Waals surface area contributed by atoms with Crippen molar-refractivity contribution in [3.63, 3.8) is 0 Å². The largest absolute Gasteiger partial charge is 0.411 e. The summed E-state index contributed by atoms with van der Waals surface area (Å²) in [6, 6.07) is 26.0. The van der Waals surface area contributed by atoms with Crippen LogP contribution in [0.15, 0.2) is 89.9 Å². The summed E-state index contributed by atoms with van der Waals surface area (Å²) in [6.45, 7) is 3.72. The number of benzene rings is 3. The van der Waals surface area contributed by atoms with Crippen molar-refractivity contribution in [3.05, 3.63) is 118 Å². The number of para-hydroxylation sites is 1. The van der Waals surface area contributed by atoms with Crippen LogP contribution in [0.5, 0.6) is 0 Å². The smallest absolute Gasteiger partial charge is 0.254 e. The molecule has 0 aliphatic carbocycles. The van der Waals surface area contributed by atoms with Gasteiger partial charge in [0.15, 0.2) is 0 Å². The molecule has 6 nitrogen and oxygen atoms in total. The van der Waals surface area contributed by atoms with Gasteiger partial charge in [-0.15, -0.1) is 0 Å². The highest BCUT2D eigenvalue weighted by molar-refractivity contribution is 5.96. The van der Waals surface area contributed by atoms with E-state index in [-0.39, 0.29) is 17.1 Å². The zero-order valence-electron chi connectivity index (χ0n) is 19.5. The zero-order valence-corrected chi connectivity index (χ0v) is 19.5. The summed E-state index contributed by atoms with van der Waals surface area (Å²) in [4.78, 5) is 32.7. The Kier molecular flexibility index (Phi) is 7.09. The van der Waals surface area contributed by atoms with Gasteiger partial charge < -0.3 is 10.6 Å². The summed E-state index contributed by atoms with van der Waals surface area (Å²) in [5.41, 5.74) is 9.21. The van der Waals surface area contributed by atoms with Gasteiger partial charge in [0, 0.05) is 24.9 Å². The topological polar surface area (TPSA) is 77.6 Å². The van der Waals surface area contributed by atoms with Crippen LogP contribution in [0.4, 0.5) is 0 Å². The maximum absolute atomic E-state index is 12.5. The fourth-order valence-electron chi connectivity index (χ4n) is 4.12. The van der Waals surface area contributed by atoms with Crippen molar-refractivity contribution < 1.29 is 9.63 Å². The molecule has 0 fully saturated rings. The minimum atomic E-state index is -0.770. The summed E-state index contributed by atoms with van der Waals surface area (Å²) in [5.74, 6) is -0.770. The minimum absolute atomic E-state index is 0.0881. The lowest BCUT2D eigenvalue weighted by molar-refractivity contribution is 0.0552. The number of hydrogen-bond donors (Lipinski definition) is 1. The van der Waals surface area contributed by atoms with Crippen LogP contribution < -0.4 is 16.0 Å². The molecule has 1 unspecified atom stereocenters. The first-order valence-electron chi connectivity index (χ1n) is 11.3. The highest BCUT2D eigenvalue weighted by atomic mass is 16.7. The van der Waals surface area contributed by atoms with Crippen LogP contribution in [0.25, 0.3) is 10.9 Å². The number of rotatable bonds is 9.